The average molecular weight is 437 g/mol. The number of imide groups is 1. The van der Waals surface area contributed by atoms with E-state index in [1.807, 2.05) is 0 Å². The molecule has 2 aromatic carbocycles. The van der Waals surface area contributed by atoms with Gasteiger partial charge in [-0.25, -0.2) is 17.6 Å². The summed E-state index contributed by atoms with van der Waals surface area (Å²) < 4.78 is 53.6. The van der Waals surface area contributed by atoms with Gasteiger partial charge in [-0.3, -0.25) is 14.5 Å². The fourth-order valence-electron chi connectivity index (χ4n) is 3.27. The van der Waals surface area contributed by atoms with Gasteiger partial charge in [0.25, 0.3) is 11.8 Å². The van der Waals surface area contributed by atoms with Crippen LogP contribution in [-0.2, 0) is 0 Å². The molecule has 0 aliphatic heterocycles. The van der Waals surface area contributed by atoms with Crippen LogP contribution in [-0.4, -0.2) is 23.3 Å². The average Bonchev–Trinajstić information content (AvgIpc) is 2.75. The molecule has 0 saturated carbocycles. The van der Waals surface area contributed by atoms with Gasteiger partial charge in [0, 0.05) is 17.7 Å². The second-order valence-electron chi connectivity index (χ2n) is 7.49. The summed E-state index contributed by atoms with van der Waals surface area (Å²) in [5.74, 6) is -6.29. The molecule has 0 saturated heterocycles. The number of halogens is 4. The Morgan fingerprint density at radius 2 is 1.06 bits per heavy atom. The van der Waals surface area contributed by atoms with E-state index in [-0.39, 0.29) is 17.7 Å². The van der Waals surface area contributed by atoms with Crippen LogP contribution in [0.2, 0.25) is 0 Å². The Morgan fingerprint density at radius 3 is 1.48 bits per heavy atom. The second-order valence-corrected chi connectivity index (χ2v) is 7.49. The van der Waals surface area contributed by atoms with Crippen molar-refractivity contribution in [1.82, 2.24) is 4.90 Å². The van der Waals surface area contributed by atoms with Gasteiger partial charge in [0.2, 0.25) is 0 Å². The topological polar surface area (TPSA) is 37.4 Å². The Labute approximate surface area is 180 Å². The van der Waals surface area contributed by atoms with E-state index in [0.717, 1.165) is 73.4 Å². The van der Waals surface area contributed by atoms with Gasteiger partial charge in [0.15, 0.2) is 23.3 Å². The zero-order chi connectivity index (χ0) is 22.8. The lowest BCUT2D eigenvalue weighted by atomic mass is 10.1. The Bertz CT molecular complexity index is 838. The number of benzene rings is 2. The molecule has 0 aliphatic carbocycles. The molecule has 7 heteroatoms. The van der Waals surface area contributed by atoms with Crippen LogP contribution in [0.5, 0.6) is 0 Å². The van der Waals surface area contributed by atoms with Crippen molar-refractivity contribution in [2.24, 2.45) is 0 Å². The molecule has 2 amide bonds. The fraction of sp³-hybridized carbons (Fsp3) is 0.417. The Balaban J connectivity index is 2.10. The molecule has 0 bridgehead atoms. The highest BCUT2D eigenvalue weighted by Gasteiger charge is 2.25. The second kappa shape index (κ2) is 12.2. The molecule has 0 fully saturated rings. The highest BCUT2D eigenvalue weighted by molar-refractivity contribution is 6.10. The molecule has 0 spiro atoms. The normalized spacial score (nSPS) is 10.9. The molecular formula is C24H27F4NO2. The maximum atomic E-state index is 13.6. The predicted molar refractivity (Wildman–Crippen MR) is 111 cm³/mol. The Hall–Kier alpha value is -2.70. The largest absolute Gasteiger partial charge is 0.274 e. The number of rotatable bonds is 11. The summed E-state index contributed by atoms with van der Waals surface area (Å²) >= 11 is 0. The Kier molecular flexibility index (Phi) is 9.69. The van der Waals surface area contributed by atoms with Crippen LogP contribution in [0.15, 0.2) is 36.4 Å². The lowest BCUT2D eigenvalue weighted by molar-refractivity contribution is 0.0612. The molecule has 0 radical (unpaired) electrons. The van der Waals surface area contributed by atoms with Crippen LogP contribution in [0.1, 0.15) is 79.0 Å². The number of nitrogens with zero attached hydrogens (tertiary/aromatic N) is 1. The first-order valence-electron chi connectivity index (χ1n) is 10.6. The van der Waals surface area contributed by atoms with E-state index in [1.54, 1.807) is 0 Å². The summed E-state index contributed by atoms with van der Waals surface area (Å²) in [6.07, 6.45) is 7.93. The molecule has 2 aromatic rings. The van der Waals surface area contributed by atoms with Gasteiger partial charge in [-0.05, 0) is 42.8 Å². The van der Waals surface area contributed by atoms with E-state index < -0.39 is 35.1 Å². The van der Waals surface area contributed by atoms with Crippen molar-refractivity contribution in [2.75, 3.05) is 6.54 Å². The summed E-state index contributed by atoms with van der Waals surface area (Å²) in [5, 5.41) is 0. The molecule has 31 heavy (non-hydrogen) atoms. The number of hydrogen-bond acceptors (Lipinski definition) is 2. The molecular weight excluding hydrogens is 410 g/mol. The Morgan fingerprint density at radius 1 is 0.645 bits per heavy atom. The fourth-order valence-corrected chi connectivity index (χ4v) is 3.27. The van der Waals surface area contributed by atoms with Gasteiger partial charge in [-0.2, -0.15) is 0 Å². The number of amides is 2. The van der Waals surface area contributed by atoms with E-state index in [0.29, 0.717) is 6.42 Å². The van der Waals surface area contributed by atoms with Crippen molar-refractivity contribution >= 4 is 11.8 Å². The zero-order valence-electron chi connectivity index (χ0n) is 17.6. The van der Waals surface area contributed by atoms with Crippen LogP contribution in [0.25, 0.3) is 0 Å². The third-order valence-electron chi connectivity index (χ3n) is 5.06. The van der Waals surface area contributed by atoms with Crippen LogP contribution in [0.4, 0.5) is 17.6 Å². The summed E-state index contributed by atoms with van der Waals surface area (Å²) in [6.45, 7) is 2.17. The van der Waals surface area contributed by atoms with Crippen LogP contribution < -0.4 is 0 Å². The lowest BCUT2D eigenvalue weighted by Crippen LogP contribution is -2.38. The lowest BCUT2D eigenvalue weighted by Gasteiger charge is -2.21. The predicted octanol–water partition coefficient (Wildman–Crippen LogP) is 6.67. The van der Waals surface area contributed by atoms with Gasteiger partial charge in [0.05, 0.1) is 0 Å². The minimum atomic E-state index is -1.21. The molecule has 168 valence electrons. The quantitative estimate of drug-likeness (QED) is 0.224. The number of hydrogen-bond donors (Lipinski definition) is 0. The van der Waals surface area contributed by atoms with E-state index in [9.17, 15) is 27.2 Å². The zero-order valence-corrected chi connectivity index (χ0v) is 17.6. The van der Waals surface area contributed by atoms with Crippen molar-refractivity contribution in [3.63, 3.8) is 0 Å². The van der Waals surface area contributed by atoms with Gasteiger partial charge >= 0.3 is 0 Å². The first-order valence-corrected chi connectivity index (χ1v) is 10.6. The summed E-state index contributed by atoms with van der Waals surface area (Å²) in [4.78, 5) is 26.6. The van der Waals surface area contributed by atoms with Crippen molar-refractivity contribution < 1.29 is 27.2 Å². The summed E-state index contributed by atoms with van der Waals surface area (Å²) in [5.41, 5.74) is -0.399. The smallest absolute Gasteiger partial charge is 0.260 e. The monoisotopic (exact) mass is 437 g/mol. The van der Waals surface area contributed by atoms with Gasteiger partial charge in [-0.15, -0.1) is 0 Å². The third kappa shape index (κ3) is 7.19. The first kappa shape index (κ1) is 24.6. The van der Waals surface area contributed by atoms with Crippen molar-refractivity contribution in [1.29, 1.82) is 0 Å². The molecule has 0 aliphatic rings. The third-order valence-corrected chi connectivity index (χ3v) is 5.06. The van der Waals surface area contributed by atoms with Crippen LogP contribution in [0.3, 0.4) is 0 Å². The van der Waals surface area contributed by atoms with Gasteiger partial charge in [0.1, 0.15) is 0 Å². The molecule has 0 N–H and O–H groups in total. The maximum absolute atomic E-state index is 13.6. The van der Waals surface area contributed by atoms with Crippen molar-refractivity contribution in [3.05, 3.63) is 70.8 Å². The SMILES string of the molecule is CCCCCCCCCCN(C(=O)c1ccc(F)c(F)c1)C(=O)c1ccc(F)c(F)c1. The molecule has 3 nitrogen and oxygen atoms in total. The van der Waals surface area contributed by atoms with Crippen LogP contribution in [0, 0.1) is 23.3 Å². The van der Waals surface area contributed by atoms with E-state index in [2.05, 4.69) is 6.92 Å². The van der Waals surface area contributed by atoms with Crippen molar-refractivity contribution in [2.45, 2.75) is 58.3 Å². The van der Waals surface area contributed by atoms with Gasteiger partial charge in [-0.1, -0.05) is 51.9 Å². The number of carbonyl (C=O) groups excluding carboxylic acids is 2. The maximum Gasteiger partial charge on any atom is 0.260 e. The minimum absolute atomic E-state index is 0.0324. The highest BCUT2D eigenvalue weighted by Crippen LogP contribution is 2.17. The highest BCUT2D eigenvalue weighted by atomic mass is 19.2. The van der Waals surface area contributed by atoms with Crippen molar-refractivity contribution in [3.8, 4) is 0 Å². The standard InChI is InChI=1S/C24H27F4NO2/c1-2-3-4-5-6-7-8-9-14-29(23(30)17-10-12-19(25)21(27)15-17)24(31)18-11-13-20(26)22(28)16-18/h10-13,15-16H,2-9,14H2,1H3. The number of carbonyl (C=O) groups is 2. The van der Waals surface area contributed by atoms with E-state index in [4.69, 9.17) is 0 Å². The van der Waals surface area contributed by atoms with Crippen LogP contribution >= 0.6 is 0 Å². The minimum Gasteiger partial charge on any atom is -0.274 e. The van der Waals surface area contributed by atoms with E-state index in [1.165, 1.54) is 12.8 Å². The molecule has 0 unspecified atom stereocenters. The van der Waals surface area contributed by atoms with E-state index >= 15 is 0 Å². The number of unbranched alkanes of at least 4 members (excludes halogenated alkanes) is 7. The summed E-state index contributed by atoms with van der Waals surface area (Å²) in [6, 6.07) is 5.21. The van der Waals surface area contributed by atoms with Gasteiger partial charge < -0.3 is 0 Å². The molecule has 0 atom stereocenters. The molecule has 0 aromatic heterocycles. The summed E-state index contributed by atoms with van der Waals surface area (Å²) in [7, 11) is 0. The molecule has 0 heterocycles. The molecule has 2 rings (SSSR count). The first-order chi connectivity index (χ1) is 14.8.